The zero-order chi connectivity index (χ0) is 20.6. The maximum Gasteiger partial charge on any atom is 0.198 e. The maximum absolute atomic E-state index is 10.3. The van der Waals surface area contributed by atoms with Gasteiger partial charge in [-0.05, 0) is 47.2 Å². The number of terminal acetylenes is 1. The molecule has 0 radical (unpaired) electrons. The number of hydrogen-bond acceptors (Lipinski definition) is 5. The van der Waals surface area contributed by atoms with Crippen LogP contribution in [0.15, 0.2) is 36.4 Å². The lowest BCUT2D eigenvalue weighted by atomic mass is 9.87. The molecule has 152 valence electrons. The zero-order valence-corrected chi connectivity index (χ0v) is 16.5. The van der Waals surface area contributed by atoms with Gasteiger partial charge in [0.1, 0.15) is 12.2 Å². The highest BCUT2D eigenvalue weighted by Crippen LogP contribution is 2.46. The number of hydrogen-bond donors (Lipinski definition) is 3. The number of rotatable bonds is 4. The van der Waals surface area contributed by atoms with Gasteiger partial charge in [-0.2, -0.15) is 0 Å². The molecule has 0 aromatic heterocycles. The molecule has 2 aliphatic heterocycles. The summed E-state index contributed by atoms with van der Waals surface area (Å²) in [4.78, 5) is 0. The summed E-state index contributed by atoms with van der Waals surface area (Å²) in [5.41, 5.74) is 5.93. The van der Waals surface area contributed by atoms with E-state index in [1.165, 1.54) is 5.56 Å². The van der Waals surface area contributed by atoms with Crippen molar-refractivity contribution in [3.05, 3.63) is 69.8 Å². The molecule has 2 aromatic rings. The van der Waals surface area contributed by atoms with Gasteiger partial charge in [-0.1, -0.05) is 37.1 Å². The third-order valence-corrected chi connectivity index (χ3v) is 5.96. The fourth-order valence-corrected chi connectivity index (χ4v) is 4.25. The molecule has 4 rings (SSSR count). The van der Waals surface area contributed by atoms with Crippen LogP contribution in [0.4, 0.5) is 0 Å². The van der Waals surface area contributed by atoms with Crippen LogP contribution in [0.2, 0.25) is 0 Å². The molecule has 5 heteroatoms. The van der Waals surface area contributed by atoms with Crippen molar-refractivity contribution < 1.29 is 24.8 Å². The number of ether oxygens (including phenoxy) is 2. The van der Waals surface area contributed by atoms with Crippen LogP contribution in [0.3, 0.4) is 0 Å². The lowest BCUT2D eigenvalue weighted by Crippen LogP contribution is -2.54. The van der Waals surface area contributed by atoms with Crippen LogP contribution in [0, 0.1) is 12.3 Å². The largest absolute Gasteiger partial charge is 0.394 e. The average Bonchev–Trinajstić information content (AvgIpc) is 3.07. The van der Waals surface area contributed by atoms with Crippen molar-refractivity contribution in [2.75, 3.05) is 6.61 Å². The van der Waals surface area contributed by atoms with E-state index in [1.54, 1.807) is 0 Å². The first-order valence-electron chi connectivity index (χ1n) is 9.99. The third-order valence-electron chi connectivity index (χ3n) is 5.96. The molecule has 4 atom stereocenters. The Labute approximate surface area is 170 Å². The monoisotopic (exact) mass is 394 g/mol. The Kier molecular flexibility index (Phi) is 5.48. The number of aliphatic hydroxyl groups excluding tert-OH is 3. The first-order chi connectivity index (χ1) is 14.0. The molecule has 1 fully saturated rings. The Morgan fingerprint density at radius 2 is 1.90 bits per heavy atom. The van der Waals surface area contributed by atoms with Crippen molar-refractivity contribution in [2.45, 2.75) is 56.9 Å². The van der Waals surface area contributed by atoms with Gasteiger partial charge in [0.05, 0.1) is 19.3 Å². The van der Waals surface area contributed by atoms with Gasteiger partial charge < -0.3 is 24.8 Å². The molecule has 1 saturated heterocycles. The standard InChI is InChI=1S/C24H26O5/c1-3-15-5-7-16(8-6-15)9-18-11-20-19(10-17(18)4-2)14-28-24(20)12-21(26)23(27)22(13-25)29-24/h2,5-8,10-11,21-23,25-27H,3,9,12-14H2,1H3/t21-,22-,23+,24-/m1/s1. The zero-order valence-electron chi connectivity index (χ0n) is 16.5. The molecule has 0 amide bonds. The molecule has 29 heavy (non-hydrogen) atoms. The second-order valence-corrected chi connectivity index (χ2v) is 7.80. The van der Waals surface area contributed by atoms with Gasteiger partial charge in [-0.3, -0.25) is 0 Å². The van der Waals surface area contributed by atoms with Gasteiger partial charge in [0.25, 0.3) is 0 Å². The van der Waals surface area contributed by atoms with Gasteiger partial charge in [-0.15, -0.1) is 6.42 Å². The highest BCUT2D eigenvalue weighted by Gasteiger charge is 2.51. The minimum Gasteiger partial charge on any atom is -0.394 e. The number of aryl methyl sites for hydroxylation is 1. The highest BCUT2D eigenvalue weighted by molar-refractivity contribution is 5.50. The third kappa shape index (κ3) is 3.59. The molecule has 5 nitrogen and oxygen atoms in total. The van der Waals surface area contributed by atoms with Crippen LogP contribution in [0.5, 0.6) is 0 Å². The van der Waals surface area contributed by atoms with Crippen LogP contribution in [0.1, 0.15) is 46.7 Å². The fourth-order valence-electron chi connectivity index (χ4n) is 4.25. The molecule has 1 spiro atoms. The molecule has 0 aliphatic carbocycles. The van der Waals surface area contributed by atoms with E-state index >= 15 is 0 Å². The highest BCUT2D eigenvalue weighted by atomic mass is 16.7. The Bertz CT molecular complexity index is 930. The quantitative estimate of drug-likeness (QED) is 0.692. The molecule has 2 aromatic carbocycles. The fraction of sp³-hybridized carbons (Fsp3) is 0.417. The summed E-state index contributed by atoms with van der Waals surface area (Å²) in [6, 6.07) is 12.4. The SMILES string of the molecule is C#Cc1cc2c(cc1Cc1ccc(CC)cc1)[C@]1(C[C@@H](O)[C@H](O)[C@@H](CO)O1)OC2. The molecule has 2 aliphatic rings. The van der Waals surface area contributed by atoms with Crippen molar-refractivity contribution >= 4 is 0 Å². The van der Waals surface area contributed by atoms with Gasteiger partial charge >= 0.3 is 0 Å². The molecule has 0 saturated carbocycles. The summed E-state index contributed by atoms with van der Waals surface area (Å²) >= 11 is 0. The topological polar surface area (TPSA) is 79.2 Å². The lowest BCUT2D eigenvalue weighted by Gasteiger charge is -2.42. The van der Waals surface area contributed by atoms with Crippen molar-refractivity contribution in [3.8, 4) is 12.3 Å². The van der Waals surface area contributed by atoms with E-state index in [4.69, 9.17) is 15.9 Å². The van der Waals surface area contributed by atoms with E-state index < -0.39 is 30.7 Å². The Morgan fingerprint density at radius 1 is 1.17 bits per heavy atom. The minimum atomic E-state index is -1.19. The predicted octanol–water partition coefficient (Wildman–Crippen LogP) is 2.01. The van der Waals surface area contributed by atoms with Crippen molar-refractivity contribution in [2.24, 2.45) is 0 Å². The Balaban J connectivity index is 1.71. The molecule has 2 heterocycles. The summed E-state index contributed by atoms with van der Waals surface area (Å²) in [5.74, 6) is 1.58. The number of aliphatic hydroxyl groups is 3. The van der Waals surface area contributed by atoms with Crippen LogP contribution in [0.25, 0.3) is 0 Å². The molecule has 0 unspecified atom stereocenters. The van der Waals surface area contributed by atoms with Gasteiger partial charge in [-0.25, -0.2) is 0 Å². The van der Waals surface area contributed by atoms with E-state index in [9.17, 15) is 15.3 Å². The van der Waals surface area contributed by atoms with Crippen LogP contribution >= 0.6 is 0 Å². The molecular weight excluding hydrogens is 368 g/mol. The summed E-state index contributed by atoms with van der Waals surface area (Å²) in [5, 5.41) is 30.0. The van der Waals surface area contributed by atoms with Crippen LogP contribution in [-0.2, 0) is 34.7 Å². The summed E-state index contributed by atoms with van der Waals surface area (Å²) < 4.78 is 11.9. The van der Waals surface area contributed by atoms with Crippen LogP contribution in [-0.4, -0.2) is 40.2 Å². The van der Waals surface area contributed by atoms with Crippen molar-refractivity contribution in [1.82, 2.24) is 0 Å². The first kappa shape index (κ1) is 20.1. The minimum absolute atomic E-state index is 0.0949. The number of fused-ring (bicyclic) bond motifs is 2. The maximum atomic E-state index is 10.3. The van der Waals surface area contributed by atoms with E-state index in [1.807, 2.05) is 12.1 Å². The predicted molar refractivity (Wildman–Crippen MR) is 108 cm³/mol. The molecule has 0 bridgehead atoms. The summed E-state index contributed by atoms with van der Waals surface area (Å²) in [7, 11) is 0. The normalized spacial score (nSPS) is 28.3. The van der Waals surface area contributed by atoms with Crippen molar-refractivity contribution in [3.63, 3.8) is 0 Å². The van der Waals surface area contributed by atoms with E-state index in [0.29, 0.717) is 13.0 Å². The summed E-state index contributed by atoms with van der Waals surface area (Å²) in [6.07, 6.45) is 4.41. The second kappa shape index (κ2) is 7.91. The Hall–Kier alpha value is -2.20. The van der Waals surface area contributed by atoms with E-state index in [0.717, 1.165) is 34.2 Å². The second-order valence-electron chi connectivity index (χ2n) is 7.80. The molecular formula is C24H26O5. The van der Waals surface area contributed by atoms with Gasteiger partial charge in [0.2, 0.25) is 0 Å². The molecule has 3 N–H and O–H groups in total. The summed E-state index contributed by atoms with van der Waals surface area (Å²) in [6.45, 7) is 2.02. The van der Waals surface area contributed by atoms with Gasteiger partial charge in [0, 0.05) is 17.5 Å². The number of benzene rings is 2. The van der Waals surface area contributed by atoms with E-state index in [-0.39, 0.29) is 6.42 Å². The smallest absolute Gasteiger partial charge is 0.198 e. The Morgan fingerprint density at radius 3 is 2.55 bits per heavy atom. The van der Waals surface area contributed by atoms with Crippen molar-refractivity contribution in [1.29, 1.82) is 0 Å². The first-order valence-corrected chi connectivity index (χ1v) is 9.99. The average molecular weight is 394 g/mol. The van der Waals surface area contributed by atoms with Crippen LogP contribution < -0.4 is 0 Å². The lowest BCUT2D eigenvalue weighted by molar-refractivity contribution is -0.326. The van der Waals surface area contributed by atoms with Gasteiger partial charge in [0.15, 0.2) is 5.79 Å². The van der Waals surface area contributed by atoms with E-state index in [2.05, 4.69) is 37.1 Å².